The minimum atomic E-state index is -0.354. The van der Waals surface area contributed by atoms with Crippen molar-refractivity contribution in [1.29, 1.82) is 0 Å². The first-order chi connectivity index (χ1) is 7.74. The van der Waals surface area contributed by atoms with Gasteiger partial charge in [-0.25, -0.2) is 0 Å². The van der Waals surface area contributed by atoms with Gasteiger partial charge in [-0.2, -0.15) is 5.10 Å². The summed E-state index contributed by atoms with van der Waals surface area (Å²) in [6, 6.07) is 1.87. The highest BCUT2D eigenvalue weighted by Crippen LogP contribution is 2.47. The van der Waals surface area contributed by atoms with Gasteiger partial charge in [-0.3, -0.25) is 4.68 Å². The summed E-state index contributed by atoms with van der Waals surface area (Å²) in [6.45, 7) is 4.51. The molecule has 1 aromatic rings. The molecule has 0 radical (unpaired) electrons. The zero-order chi connectivity index (χ0) is 11.4. The lowest BCUT2D eigenvalue weighted by Gasteiger charge is -2.16. The monoisotopic (exact) mass is 223 g/mol. The van der Waals surface area contributed by atoms with E-state index in [4.69, 9.17) is 0 Å². The predicted molar refractivity (Wildman–Crippen MR) is 63.1 cm³/mol. The minimum Gasteiger partial charge on any atom is -0.390 e. The van der Waals surface area contributed by atoms with Crippen molar-refractivity contribution in [1.82, 2.24) is 15.1 Å². The van der Waals surface area contributed by atoms with E-state index in [1.807, 2.05) is 12.3 Å². The SMILES string of the molecule is CCC1(CNCC(O)Cn2cccn2)CC1. The lowest BCUT2D eigenvalue weighted by Crippen LogP contribution is -2.34. The zero-order valence-electron chi connectivity index (χ0n) is 9.89. The van der Waals surface area contributed by atoms with Gasteiger partial charge in [0.25, 0.3) is 0 Å². The Morgan fingerprint density at radius 1 is 1.56 bits per heavy atom. The molecular formula is C12H21N3O. The van der Waals surface area contributed by atoms with E-state index >= 15 is 0 Å². The van der Waals surface area contributed by atoms with Gasteiger partial charge in [0, 0.05) is 25.5 Å². The third-order valence-electron chi connectivity index (χ3n) is 3.54. The number of aliphatic hydroxyl groups is 1. The van der Waals surface area contributed by atoms with Crippen molar-refractivity contribution < 1.29 is 5.11 Å². The van der Waals surface area contributed by atoms with Gasteiger partial charge in [0.05, 0.1) is 12.6 Å². The maximum atomic E-state index is 9.79. The summed E-state index contributed by atoms with van der Waals surface area (Å²) in [5.41, 5.74) is 0.547. The number of aromatic nitrogens is 2. The summed E-state index contributed by atoms with van der Waals surface area (Å²) in [7, 11) is 0. The van der Waals surface area contributed by atoms with Gasteiger partial charge in [0.1, 0.15) is 0 Å². The molecule has 1 heterocycles. The fraction of sp³-hybridized carbons (Fsp3) is 0.750. The Bertz CT molecular complexity index is 306. The van der Waals surface area contributed by atoms with Gasteiger partial charge in [0.2, 0.25) is 0 Å². The topological polar surface area (TPSA) is 50.1 Å². The molecule has 0 amide bonds. The fourth-order valence-electron chi connectivity index (χ4n) is 2.02. The highest BCUT2D eigenvalue weighted by atomic mass is 16.3. The molecule has 1 saturated carbocycles. The molecule has 0 aliphatic heterocycles. The van der Waals surface area contributed by atoms with Crippen molar-refractivity contribution in [2.45, 2.75) is 38.8 Å². The molecule has 1 fully saturated rings. The van der Waals surface area contributed by atoms with E-state index in [0.29, 0.717) is 18.5 Å². The lowest BCUT2D eigenvalue weighted by molar-refractivity contribution is 0.144. The standard InChI is InChI=1S/C12H21N3O/c1-2-12(4-5-12)10-13-8-11(16)9-15-7-3-6-14-15/h3,6-7,11,13,16H,2,4-5,8-10H2,1H3. The first-order valence-corrected chi connectivity index (χ1v) is 6.10. The first-order valence-electron chi connectivity index (χ1n) is 6.10. The molecule has 2 rings (SSSR count). The van der Waals surface area contributed by atoms with E-state index in [-0.39, 0.29) is 6.10 Å². The molecule has 1 unspecified atom stereocenters. The van der Waals surface area contributed by atoms with E-state index in [1.165, 1.54) is 19.3 Å². The smallest absolute Gasteiger partial charge is 0.0860 e. The van der Waals surface area contributed by atoms with Crippen LogP contribution in [0.2, 0.25) is 0 Å². The Balaban J connectivity index is 1.62. The molecular weight excluding hydrogens is 202 g/mol. The van der Waals surface area contributed by atoms with Crippen LogP contribution in [0.15, 0.2) is 18.5 Å². The summed E-state index contributed by atoms with van der Waals surface area (Å²) in [5.74, 6) is 0. The molecule has 1 aromatic heterocycles. The quantitative estimate of drug-likeness (QED) is 0.725. The normalized spacial score (nSPS) is 19.6. The maximum Gasteiger partial charge on any atom is 0.0860 e. The second-order valence-corrected chi connectivity index (χ2v) is 4.87. The molecule has 0 bridgehead atoms. The summed E-state index contributed by atoms with van der Waals surface area (Å²) < 4.78 is 1.76. The fourth-order valence-corrected chi connectivity index (χ4v) is 2.02. The van der Waals surface area contributed by atoms with E-state index in [2.05, 4.69) is 17.3 Å². The van der Waals surface area contributed by atoms with Gasteiger partial charge < -0.3 is 10.4 Å². The second-order valence-electron chi connectivity index (χ2n) is 4.87. The van der Waals surface area contributed by atoms with Crippen LogP contribution in [-0.4, -0.2) is 34.1 Å². The third-order valence-corrected chi connectivity index (χ3v) is 3.54. The summed E-state index contributed by atoms with van der Waals surface area (Å²) in [4.78, 5) is 0. The molecule has 4 nitrogen and oxygen atoms in total. The maximum absolute atomic E-state index is 9.79. The number of rotatable bonds is 7. The molecule has 4 heteroatoms. The highest BCUT2D eigenvalue weighted by molar-refractivity contribution is 4.93. The molecule has 16 heavy (non-hydrogen) atoms. The van der Waals surface area contributed by atoms with Crippen LogP contribution in [0.1, 0.15) is 26.2 Å². The Morgan fingerprint density at radius 3 is 2.94 bits per heavy atom. The number of aliphatic hydroxyl groups excluding tert-OH is 1. The van der Waals surface area contributed by atoms with Crippen molar-refractivity contribution in [3.8, 4) is 0 Å². The highest BCUT2D eigenvalue weighted by Gasteiger charge is 2.39. The molecule has 2 N–H and O–H groups in total. The van der Waals surface area contributed by atoms with Gasteiger partial charge in [-0.05, 0) is 30.7 Å². The number of hydrogen-bond donors (Lipinski definition) is 2. The molecule has 1 atom stereocenters. The number of nitrogens with one attached hydrogen (secondary N) is 1. The van der Waals surface area contributed by atoms with Crippen molar-refractivity contribution in [2.75, 3.05) is 13.1 Å². The first kappa shape index (κ1) is 11.6. The van der Waals surface area contributed by atoms with Crippen LogP contribution in [0.3, 0.4) is 0 Å². The minimum absolute atomic E-state index is 0.354. The molecule has 90 valence electrons. The summed E-state index contributed by atoms with van der Waals surface area (Å²) in [6.07, 6.45) is 7.17. The molecule has 1 aliphatic rings. The number of nitrogens with zero attached hydrogens (tertiary/aromatic N) is 2. The van der Waals surface area contributed by atoms with Crippen molar-refractivity contribution >= 4 is 0 Å². The summed E-state index contributed by atoms with van der Waals surface area (Å²) in [5, 5.41) is 17.2. The van der Waals surface area contributed by atoms with Crippen LogP contribution in [0.4, 0.5) is 0 Å². The molecule has 0 spiro atoms. The molecule has 1 aliphatic carbocycles. The van der Waals surface area contributed by atoms with Crippen LogP contribution in [0.5, 0.6) is 0 Å². The van der Waals surface area contributed by atoms with Gasteiger partial charge >= 0.3 is 0 Å². The Morgan fingerprint density at radius 2 is 2.38 bits per heavy atom. The average Bonchev–Trinajstić information content (AvgIpc) is 2.87. The van der Waals surface area contributed by atoms with Crippen molar-refractivity contribution in [2.24, 2.45) is 5.41 Å². The Labute approximate surface area is 96.7 Å². The zero-order valence-corrected chi connectivity index (χ0v) is 9.89. The van der Waals surface area contributed by atoms with Crippen LogP contribution in [0.25, 0.3) is 0 Å². The lowest BCUT2D eigenvalue weighted by atomic mass is 10.0. The van der Waals surface area contributed by atoms with Gasteiger partial charge in [-0.15, -0.1) is 0 Å². The predicted octanol–water partition coefficient (Wildman–Crippen LogP) is 1.02. The third kappa shape index (κ3) is 3.06. The average molecular weight is 223 g/mol. The van der Waals surface area contributed by atoms with E-state index in [0.717, 1.165) is 6.54 Å². The van der Waals surface area contributed by atoms with E-state index in [9.17, 15) is 5.11 Å². The van der Waals surface area contributed by atoms with E-state index in [1.54, 1.807) is 10.9 Å². The number of hydrogen-bond acceptors (Lipinski definition) is 3. The second kappa shape index (κ2) is 4.97. The van der Waals surface area contributed by atoms with Crippen LogP contribution in [-0.2, 0) is 6.54 Å². The summed E-state index contributed by atoms with van der Waals surface area (Å²) >= 11 is 0. The largest absolute Gasteiger partial charge is 0.390 e. The van der Waals surface area contributed by atoms with Gasteiger partial charge in [-0.1, -0.05) is 6.92 Å². The van der Waals surface area contributed by atoms with Gasteiger partial charge in [0.15, 0.2) is 0 Å². The van der Waals surface area contributed by atoms with Crippen molar-refractivity contribution in [3.63, 3.8) is 0 Å². The molecule has 0 saturated heterocycles. The van der Waals surface area contributed by atoms with Crippen LogP contribution >= 0.6 is 0 Å². The van der Waals surface area contributed by atoms with Crippen LogP contribution in [0, 0.1) is 5.41 Å². The van der Waals surface area contributed by atoms with Crippen LogP contribution < -0.4 is 5.32 Å². The van der Waals surface area contributed by atoms with Crippen molar-refractivity contribution in [3.05, 3.63) is 18.5 Å². The van der Waals surface area contributed by atoms with E-state index < -0.39 is 0 Å². The Hall–Kier alpha value is -0.870. The molecule has 0 aromatic carbocycles. The Kier molecular flexibility index (Phi) is 3.61.